The Hall–Kier alpha value is -1.66. The molecule has 0 unspecified atom stereocenters. The predicted octanol–water partition coefficient (Wildman–Crippen LogP) is 2.77. The third-order valence-corrected chi connectivity index (χ3v) is 3.57. The lowest BCUT2D eigenvalue weighted by molar-refractivity contribution is 0.868. The molecule has 0 saturated heterocycles. The van der Waals surface area contributed by atoms with E-state index in [1.54, 1.807) is 6.33 Å². The zero-order valence-corrected chi connectivity index (χ0v) is 13.0. The molecule has 6 heteroatoms. The van der Waals surface area contributed by atoms with Crippen LogP contribution in [-0.4, -0.2) is 30.1 Å². The van der Waals surface area contributed by atoms with Crippen molar-refractivity contribution in [3.05, 3.63) is 41.1 Å². The van der Waals surface area contributed by atoms with Crippen molar-refractivity contribution in [2.75, 3.05) is 30.4 Å². The van der Waals surface area contributed by atoms with E-state index in [4.69, 9.17) is 5.73 Å². The van der Waals surface area contributed by atoms with Crippen LogP contribution in [0.2, 0.25) is 0 Å². The van der Waals surface area contributed by atoms with Crippen molar-refractivity contribution in [2.45, 2.75) is 6.42 Å². The highest BCUT2D eigenvalue weighted by Crippen LogP contribution is 2.29. The molecule has 0 aliphatic heterocycles. The summed E-state index contributed by atoms with van der Waals surface area (Å²) >= 11 is 3.55. The summed E-state index contributed by atoms with van der Waals surface area (Å²) in [5.74, 6) is 1.64. The molecule has 2 aromatic rings. The van der Waals surface area contributed by atoms with Gasteiger partial charge in [-0.15, -0.1) is 0 Å². The van der Waals surface area contributed by atoms with E-state index in [1.807, 2.05) is 42.3 Å². The number of para-hydroxylation sites is 1. The number of nitrogens with zero attached hydrogens (tertiary/aromatic N) is 3. The molecule has 1 heterocycles. The summed E-state index contributed by atoms with van der Waals surface area (Å²) in [6.07, 6.45) is 2.48. The van der Waals surface area contributed by atoms with Crippen molar-refractivity contribution >= 4 is 33.3 Å². The van der Waals surface area contributed by atoms with Crippen molar-refractivity contribution in [3.63, 3.8) is 0 Å². The van der Waals surface area contributed by atoms with Gasteiger partial charge in [-0.2, -0.15) is 0 Å². The molecule has 0 spiro atoms. The highest BCUT2D eigenvalue weighted by atomic mass is 79.9. The van der Waals surface area contributed by atoms with Gasteiger partial charge in [-0.05, 0) is 41.0 Å². The summed E-state index contributed by atoms with van der Waals surface area (Å²) in [6.45, 7) is 1.48. The average Bonchev–Trinajstić information content (AvgIpc) is 2.48. The first kappa shape index (κ1) is 14.7. The van der Waals surface area contributed by atoms with E-state index < -0.39 is 0 Å². The minimum absolute atomic E-state index is 0.668. The number of aromatic nitrogens is 2. The van der Waals surface area contributed by atoms with E-state index in [9.17, 15) is 0 Å². The fraction of sp³-hybridized carbons (Fsp3) is 0.286. The zero-order valence-electron chi connectivity index (χ0n) is 11.4. The van der Waals surface area contributed by atoms with Crippen LogP contribution < -0.4 is 16.0 Å². The summed E-state index contributed by atoms with van der Waals surface area (Å²) < 4.78 is 1.03. The molecule has 0 atom stereocenters. The van der Waals surface area contributed by atoms with Crippen LogP contribution in [0.25, 0.3) is 0 Å². The number of halogens is 1. The van der Waals surface area contributed by atoms with Crippen LogP contribution in [0.4, 0.5) is 17.3 Å². The molecule has 3 N–H and O–H groups in total. The number of benzene rings is 1. The van der Waals surface area contributed by atoms with Crippen LogP contribution in [0.5, 0.6) is 0 Å². The molecule has 1 aromatic carbocycles. The van der Waals surface area contributed by atoms with Gasteiger partial charge in [0.05, 0.1) is 5.69 Å². The fourth-order valence-corrected chi connectivity index (χ4v) is 2.34. The Bertz CT molecular complexity index is 561. The van der Waals surface area contributed by atoms with Crippen LogP contribution in [-0.2, 0) is 0 Å². The number of hydrogen-bond acceptors (Lipinski definition) is 5. The second-order valence-electron chi connectivity index (χ2n) is 4.34. The van der Waals surface area contributed by atoms with Crippen LogP contribution in [0.3, 0.4) is 0 Å². The van der Waals surface area contributed by atoms with E-state index in [0.29, 0.717) is 6.54 Å². The Morgan fingerprint density at radius 3 is 2.85 bits per heavy atom. The maximum Gasteiger partial charge on any atom is 0.138 e. The van der Waals surface area contributed by atoms with Crippen LogP contribution in [0.1, 0.15) is 6.42 Å². The Kier molecular flexibility index (Phi) is 5.31. The molecular formula is C14H18BrN5. The van der Waals surface area contributed by atoms with E-state index in [0.717, 1.165) is 34.8 Å². The largest absolute Gasteiger partial charge is 0.370 e. The second kappa shape index (κ2) is 7.21. The lowest BCUT2D eigenvalue weighted by Gasteiger charge is -2.20. The first-order chi connectivity index (χ1) is 9.72. The smallest absolute Gasteiger partial charge is 0.138 e. The third-order valence-electron chi connectivity index (χ3n) is 2.90. The molecule has 0 fully saturated rings. The van der Waals surface area contributed by atoms with Gasteiger partial charge in [0.2, 0.25) is 0 Å². The summed E-state index contributed by atoms with van der Waals surface area (Å²) in [5.41, 5.74) is 6.53. The minimum Gasteiger partial charge on any atom is -0.370 e. The molecule has 0 amide bonds. The number of anilines is 3. The van der Waals surface area contributed by atoms with Gasteiger partial charge in [0.25, 0.3) is 0 Å². The lowest BCUT2D eigenvalue weighted by Crippen LogP contribution is -2.14. The molecule has 20 heavy (non-hydrogen) atoms. The third kappa shape index (κ3) is 3.68. The Labute approximate surface area is 127 Å². The Morgan fingerprint density at radius 1 is 1.30 bits per heavy atom. The molecule has 5 nitrogen and oxygen atoms in total. The number of nitrogens with two attached hydrogens (primary N) is 1. The first-order valence-corrected chi connectivity index (χ1v) is 7.26. The molecule has 2 rings (SSSR count). The highest BCUT2D eigenvalue weighted by molar-refractivity contribution is 9.10. The van der Waals surface area contributed by atoms with Crippen molar-refractivity contribution in [1.82, 2.24) is 9.97 Å². The number of rotatable bonds is 6. The fourth-order valence-electron chi connectivity index (χ4n) is 1.79. The van der Waals surface area contributed by atoms with Gasteiger partial charge >= 0.3 is 0 Å². The van der Waals surface area contributed by atoms with Gasteiger partial charge in [-0.1, -0.05) is 12.1 Å². The van der Waals surface area contributed by atoms with E-state index in [1.165, 1.54) is 0 Å². The molecule has 0 aliphatic rings. The SMILES string of the molecule is CN(c1cc(NCCCN)ncn1)c1ccccc1Br. The summed E-state index contributed by atoms with van der Waals surface area (Å²) in [7, 11) is 1.98. The van der Waals surface area contributed by atoms with Crippen molar-refractivity contribution < 1.29 is 0 Å². The maximum absolute atomic E-state index is 5.48. The molecule has 106 valence electrons. The zero-order chi connectivity index (χ0) is 14.4. The van der Waals surface area contributed by atoms with Crippen LogP contribution >= 0.6 is 15.9 Å². The van der Waals surface area contributed by atoms with Gasteiger partial charge in [-0.3, -0.25) is 0 Å². The first-order valence-electron chi connectivity index (χ1n) is 6.46. The predicted molar refractivity (Wildman–Crippen MR) is 86.4 cm³/mol. The highest BCUT2D eigenvalue weighted by Gasteiger charge is 2.09. The van der Waals surface area contributed by atoms with Crippen molar-refractivity contribution in [1.29, 1.82) is 0 Å². The Morgan fingerprint density at radius 2 is 2.10 bits per heavy atom. The quantitative estimate of drug-likeness (QED) is 0.794. The van der Waals surface area contributed by atoms with Crippen LogP contribution in [0.15, 0.2) is 41.1 Å². The minimum atomic E-state index is 0.668. The monoisotopic (exact) mass is 335 g/mol. The second-order valence-corrected chi connectivity index (χ2v) is 5.20. The molecule has 0 aliphatic carbocycles. The van der Waals surface area contributed by atoms with Gasteiger partial charge in [0.1, 0.15) is 18.0 Å². The number of hydrogen-bond donors (Lipinski definition) is 2. The van der Waals surface area contributed by atoms with Crippen LogP contribution in [0, 0.1) is 0 Å². The number of nitrogens with one attached hydrogen (secondary N) is 1. The van der Waals surface area contributed by atoms with E-state index in [2.05, 4.69) is 31.2 Å². The van der Waals surface area contributed by atoms with E-state index >= 15 is 0 Å². The molecule has 1 aromatic heterocycles. The van der Waals surface area contributed by atoms with Gasteiger partial charge in [0, 0.05) is 24.1 Å². The average molecular weight is 336 g/mol. The van der Waals surface area contributed by atoms with Crippen molar-refractivity contribution in [3.8, 4) is 0 Å². The topological polar surface area (TPSA) is 67.1 Å². The molecular weight excluding hydrogens is 318 g/mol. The van der Waals surface area contributed by atoms with Gasteiger partial charge in [0.15, 0.2) is 0 Å². The van der Waals surface area contributed by atoms with Gasteiger partial charge < -0.3 is 16.0 Å². The molecule has 0 bridgehead atoms. The van der Waals surface area contributed by atoms with E-state index in [-0.39, 0.29) is 0 Å². The summed E-state index contributed by atoms with van der Waals surface area (Å²) in [5, 5.41) is 3.24. The van der Waals surface area contributed by atoms with Crippen molar-refractivity contribution in [2.24, 2.45) is 5.73 Å². The molecule has 0 radical (unpaired) electrons. The maximum atomic E-state index is 5.48. The van der Waals surface area contributed by atoms with Gasteiger partial charge in [-0.25, -0.2) is 9.97 Å². The normalized spacial score (nSPS) is 10.3. The lowest BCUT2D eigenvalue weighted by atomic mass is 10.3. The summed E-state index contributed by atoms with van der Waals surface area (Å²) in [6, 6.07) is 9.95. The molecule has 0 saturated carbocycles. The standard InChI is InChI=1S/C14H18BrN5/c1-20(12-6-3-2-5-11(12)15)14-9-13(18-10-19-14)17-8-4-7-16/h2-3,5-6,9-10H,4,7-8,16H2,1H3,(H,17,18,19). The Balaban J connectivity index is 2.16. The summed E-state index contributed by atoms with van der Waals surface area (Å²) in [4.78, 5) is 10.5.